The fraction of sp³-hybridized carbons (Fsp3) is 0.500. The van der Waals surface area contributed by atoms with Gasteiger partial charge in [0.15, 0.2) is 0 Å². The first-order chi connectivity index (χ1) is 6.09. The Bertz CT molecular complexity index is 164. The Hall–Kier alpha value is -1.12. The van der Waals surface area contributed by atoms with E-state index in [0.717, 1.165) is 12.8 Å². The molecule has 0 saturated heterocycles. The summed E-state index contributed by atoms with van der Waals surface area (Å²) in [6.07, 6.45) is 2.22. The van der Waals surface area contributed by atoms with Gasteiger partial charge < -0.3 is 4.74 Å². The Morgan fingerprint density at radius 1 is 1.62 bits per heavy atom. The van der Waals surface area contributed by atoms with Crippen molar-refractivity contribution in [3.63, 3.8) is 0 Å². The summed E-state index contributed by atoms with van der Waals surface area (Å²) in [5, 5.41) is 0. The lowest BCUT2D eigenvalue weighted by Gasteiger charge is -2.01. The van der Waals surface area contributed by atoms with Gasteiger partial charge in [0.25, 0.3) is 0 Å². The highest BCUT2D eigenvalue weighted by Crippen LogP contribution is 1.94. The normalized spacial score (nSPS) is 7.92. The maximum Gasteiger partial charge on any atom is 0.333 e. The molecule has 0 aromatic rings. The number of rotatable bonds is 4. The van der Waals surface area contributed by atoms with Crippen molar-refractivity contribution < 1.29 is 13.9 Å². The molecule has 0 N–H and O–H groups in total. The molecular formula is C10H17FO2. The Kier molecular flexibility index (Phi) is 12.1. The van der Waals surface area contributed by atoms with E-state index in [2.05, 4.69) is 20.1 Å². The van der Waals surface area contributed by atoms with Crippen molar-refractivity contribution >= 4 is 5.97 Å². The van der Waals surface area contributed by atoms with Crippen LogP contribution in [0.2, 0.25) is 0 Å². The summed E-state index contributed by atoms with van der Waals surface area (Å²) in [4.78, 5) is 10.7. The number of unbranched alkanes of at least 4 members (excludes halogenated alkanes) is 1. The third-order valence-electron chi connectivity index (χ3n) is 1.08. The third kappa shape index (κ3) is 13.8. The molecule has 0 aliphatic carbocycles. The second-order valence-electron chi connectivity index (χ2n) is 2.42. The molecule has 0 unspecified atom stereocenters. The Morgan fingerprint density at radius 3 is 2.38 bits per heavy atom. The molecule has 76 valence electrons. The molecule has 0 aliphatic rings. The predicted molar refractivity (Wildman–Crippen MR) is 52.0 cm³/mol. The fourth-order valence-corrected chi connectivity index (χ4v) is 0.432. The molecular weight excluding hydrogens is 171 g/mol. The van der Waals surface area contributed by atoms with E-state index in [4.69, 9.17) is 4.74 Å². The summed E-state index contributed by atoms with van der Waals surface area (Å²) >= 11 is 0. The van der Waals surface area contributed by atoms with Crippen molar-refractivity contribution in [2.24, 2.45) is 0 Å². The number of carbonyl (C=O) groups excluding carboxylic acids is 1. The molecule has 0 fully saturated rings. The van der Waals surface area contributed by atoms with Gasteiger partial charge in [-0.15, -0.1) is 0 Å². The van der Waals surface area contributed by atoms with E-state index in [1.54, 1.807) is 6.92 Å². The van der Waals surface area contributed by atoms with Crippen LogP contribution in [0.25, 0.3) is 0 Å². The second-order valence-corrected chi connectivity index (χ2v) is 2.42. The van der Waals surface area contributed by atoms with E-state index in [-0.39, 0.29) is 12.3 Å². The molecule has 0 aliphatic heterocycles. The molecule has 0 radical (unpaired) electrons. The number of hydrogen-bond acceptors (Lipinski definition) is 2. The fourth-order valence-electron chi connectivity index (χ4n) is 0.432. The highest BCUT2D eigenvalue weighted by atomic mass is 19.1. The number of esters is 1. The van der Waals surface area contributed by atoms with Gasteiger partial charge in [0.1, 0.15) is 0 Å². The lowest BCUT2D eigenvalue weighted by molar-refractivity contribution is -0.139. The molecule has 2 nitrogen and oxygen atoms in total. The van der Waals surface area contributed by atoms with Gasteiger partial charge in [-0.2, -0.15) is 0 Å². The number of hydrogen-bond donors (Lipinski definition) is 0. The van der Waals surface area contributed by atoms with Crippen LogP contribution in [0.5, 0.6) is 0 Å². The SMILES string of the molecule is C=C(C)C(=O)OCCCC.C=CF. The van der Waals surface area contributed by atoms with Gasteiger partial charge in [-0.1, -0.05) is 26.5 Å². The van der Waals surface area contributed by atoms with Crippen LogP contribution in [-0.4, -0.2) is 12.6 Å². The molecule has 0 atom stereocenters. The summed E-state index contributed by atoms with van der Waals surface area (Å²) in [6, 6.07) is 0. The van der Waals surface area contributed by atoms with Crippen LogP contribution < -0.4 is 0 Å². The average molecular weight is 188 g/mol. The van der Waals surface area contributed by atoms with Crippen molar-refractivity contribution in [3.8, 4) is 0 Å². The van der Waals surface area contributed by atoms with Gasteiger partial charge in [0, 0.05) is 5.57 Å². The van der Waals surface area contributed by atoms with Gasteiger partial charge in [-0.05, 0) is 13.3 Å². The van der Waals surface area contributed by atoms with Crippen LogP contribution in [0.15, 0.2) is 25.1 Å². The maximum atomic E-state index is 10.7. The zero-order valence-corrected chi connectivity index (χ0v) is 8.31. The summed E-state index contributed by atoms with van der Waals surface area (Å²) in [5.41, 5.74) is 0.469. The minimum Gasteiger partial charge on any atom is -0.462 e. The molecule has 0 amide bonds. The minimum absolute atomic E-state index is 0.250. The number of ether oxygens (including phenoxy) is 1. The molecule has 0 aromatic heterocycles. The van der Waals surface area contributed by atoms with Gasteiger partial charge >= 0.3 is 5.97 Å². The second kappa shape index (κ2) is 10.9. The van der Waals surface area contributed by atoms with E-state index in [1.165, 1.54) is 0 Å². The number of carbonyl (C=O) groups is 1. The van der Waals surface area contributed by atoms with Gasteiger partial charge in [0.05, 0.1) is 12.9 Å². The smallest absolute Gasteiger partial charge is 0.333 e. The van der Waals surface area contributed by atoms with E-state index < -0.39 is 0 Å². The molecule has 0 aromatic carbocycles. The summed E-state index contributed by atoms with van der Waals surface area (Å²) in [5.74, 6) is -0.284. The standard InChI is InChI=1S/C8H14O2.C2H3F/c1-4-5-6-10-8(9)7(2)3;1-2-3/h2,4-6H2,1,3H3;2H,1H2. The van der Waals surface area contributed by atoms with Crippen molar-refractivity contribution in [1.29, 1.82) is 0 Å². The highest BCUT2D eigenvalue weighted by Gasteiger charge is 2.00. The monoisotopic (exact) mass is 188 g/mol. The minimum atomic E-state index is -0.284. The molecule has 3 heteroatoms. The molecule has 0 heterocycles. The van der Waals surface area contributed by atoms with Crippen molar-refractivity contribution in [1.82, 2.24) is 0 Å². The van der Waals surface area contributed by atoms with Crippen LogP contribution in [0.1, 0.15) is 26.7 Å². The average Bonchev–Trinajstić information content (AvgIpc) is 2.06. The van der Waals surface area contributed by atoms with Crippen LogP contribution in [0, 0.1) is 0 Å². The van der Waals surface area contributed by atoms with Crippen molar-refractivity contribution in [2.75, 3.05) is 6.61 Å². The van der Waals surface area contributed by atoms with E-state index in [0.29, 0.717) is 12.2 Å². The van der Waals surface area contributed by atoms with Gasteiger partial charge in [-0.3, -0.25) is 0 Å². The summed E-state index contributed by atoms with van der Waals surface area (Å²) in [6.45, 7) is 10.4. The predicted octanol–water partition coefficient (Wildman–Crippen LogP) is 3.01. The zero-order chi connectivity index (χ0) is 10.7. The van der Waals surface area contributed by atoms with Crippen LogP contribution in [-0.2, 0) is 9.53 Å². The van der Waals surface area contributed by atoms with Crippen molar-refractivity contribution in [3.05, 3.63) is 25.1 Å². The topological polar surface area (TPSA) is 26.3 Å². The lowest BCUT2D eigenvalue weighted by atomic mass is 10.3. The quantitative estimate of drug-likeness (QED) is 0.385. The molecule has 0 rings (SSSR count). The highest BCUT2D eigenvalue weighted by molar-refractivity contribution is 5.86. The molecule has 13 heavy (non-hydrogen) atoms. The lowest BCUT2D eigenvalue weighted by Crippen LogP contribution is -2.05. The first kappa shape index (κ1) is 14.4. The molecule has 0 saturated carbocycles. The van der Waals surface area contributed by atoms with E-state index >= 15 is 0 Å². The maximum absolute atomic E-state index is 10.7. The van der Waals surface area contributed by atoms with Gasteiger partial charge in [0.2, 0.25) is 0 Å². The summed E-state index contributed by atoms with van der Waals surface area (Å²) < 4.78 is 14.9. The van der Waals surface area contributed by atoms with Crippen LogP contribution in [0.3, 0.4) is 0 Å². The zero-order valence-electron chi connectivity index (χ0n) is 8.31. The Labute approximate surface area is 79.1 Å². The van der Waals surface area contributed by atoms with Gasteiger partial charge in [-0.25, -0.2) is 9.18 Å². The Morgan fingerprint density at radius 2 is 2.08 bits per heavy atom. The van der Waals surface area contributed by atoms with Crippen LogP contribution >= 0.6 is 0 Å². The van der Waals surface area contributed by atoms with E-state index in [9.17, 15) is 9.18 Å². The Balaban J connectivity index is 0. The number of halogens is 1. The first-order valence-electron chi connectivity index (χ1n) is 4.13. The molecule has 0 bridgehead atoms. The van der Waals surface area contributed by atoms with Crippen molar-refractivity contribution in [2.45, 2.75) is 26.7 Å². The first-order valence-corrected chi connectivity index (χ1v) is 4.13. The third-order valence-corrected chi connectivity index (χ3v) is 1.08. The summed E-state index contributed by atoms with van der Waals surface area (Å²) in [7, 11) is 0. The van der Waals surface area contributed by atoms with E-state index in [1.807, 2.05) is 0 Å². The van der Waals surface area contributed by atoms with Crippen LogP contribution in [0.4, 0.5) is 4.39 Å². The molecule has 0 spiro atoms. The largest absolute Gasteiger partial charge is 0.462 e.